The summed E-state index contributed by atoms with van der Waals surface area (Å²) in [7, 11) is 5.82. The molecule has 25 heavy (non-hydrogen) atoms. The van der Waals surface area contributed by atoms with Crippen LogP contribution in [-0.2, 0) is 19.0 Å². The summed E-state index contributed by atoms with van der Waals surface area (Å²) in [5.41, 5.74) is 1.98. The highest BCUT2D eigenvalue weighted by atomic mass is 127. The number of halogens is 2. The minimum absolute atomic E-state index is 0. The minimum Gasteiger partial charge on any atom is -0.355 e. The van der Waals surface area contributed by atoms with Gasteiger partial charge in [-0.3, -0.25) is 4.99 Å². The number of nitrogens with one attached hydrogen (secondary N) is 1. The average molecular weight is 458 g/mol. The molecule has 0 radical (unpaired) electrons. The summed E-state index contributed by atoms with van der Waals surface area (Å²) in [5, 5.41) is 3.40. The van der Waals surface area contributed by atoms with Crippen molar-refractivity contribution in [3.05, 3.63) is 59.7 Å². The van der Waals surface area contributed by atoms with Crippen molar-refractivity contribution in [1.82, 2.24) is 14.8 Å². The molecule has 0 aliphatic heterocycles. The van der Waals surface area contributed by atoms with Gasteiger partial charge in [0.05, 0.1) is 6.54 Å². The van der Waals surface area contributed by atoms with Crippen LogP contribution in [0.3, 0.4) is 0 Å². The molecule has 0 saturated carbocycles. The van der Waals surface area contributed by atoms with Crippen LogP contribution < -0.4 is 5.32 Å². The summed E-state index contributed by atoms with van der Waals surface area (Å²) in [6, 6.07) is 10.9. The highest BCUT2D eigenvalue weighted by Crippen LogP contribution is 2.23. The lowest BCUT2D eigenvalue weighted by Crippen LogP contribution is -2.44. The Morgan fingerprint density at radius 2 is 2.00 bits per heavy atom. The Morgan fingerprint density at radius 1 is 1.28 bits per heavy atom. The van der Waals surface area contributed by atoms with Crippen molar-refractivity contribution in [2.24, 2.45) is 12.0 Å². The normalized spacial score (nSPS) is 11.8. The van der Waals surface area contributed by atoms with E-state index < -0.39 is 0 Å². The number of aliphatic imine (C=N–C) groups is 1. The van der Waals surface area contributed by atoms with Gasteiger partial charge in [0, 0.05) is 45.0 Å². The summed E-state index contributed by atoms with van der Waals surface area (Å²) >= 11 is 0. The molecule has 138 valence electrons. The zero-order valence-electron chi connectivity index (χ0n) is 15.6. The number of nitrogens with zero attached hydrogens (tertiary/aromatic N) is 3. The second-order valence-corrected chi connectivity index (χ2v) is 6.76. The van der Waals surface area contributed by atoms with Crippen LogP contribution in [0.1, 0.15) is 25.1 Å². The maximum Gasteiger partial charge on any atom is 0.193 e. The molecule has 0 atom stereocenters. The Labute approximate surface area is 167 Å². The fourth-order valence-corrected chi connectivity index (χ4v) is 2.67. The molecule has 0 aliphatic rings. The van der Waals surface area contributed by atoms with Crippen molar-refractivity contribution in [3.8, 4) is 0 Å². The third-order valence-corrected chi connectivity index (χ3v) is 4.32. The fraction of sp³-hybridized carbons (Fsp3) is 0.421. The molecule has 0 aliphatic carbocycles. The van der Waals surface area contributed by atoms with E-state index in [-0.39, 0.29) is 35.2 Å². The van der Waals surface area contributed by atoms with Gasteiger partial charge in [0.2, 0.25) is 0 Å². The predicted molar refractivity (Wildman–Crippen MR) is 113 cm³/mol. The largest absolute Gasteiger partial charge is 0.355 e. The van der Waals surface area contributed by atoms with Gasteiger partial charge in [-0.25, -0.2) is 4.39 Å². The molecule has 0 spiro atoms. The third-order valence-electron chi connectivity index (χ3n) is 4.32. The van der Waals surface area contributed by atoms with Crippen molar-refractivity contribution in [1.29, 1.82) is 0 Å². The molecule has 2 rings (SSSR count). The molecule has 1 aromatic heterocycles. The first-order valence-electron chi connectivity index (χ1n) is 8.11. The Kier molecular flexibility index (Phi) is 7.92. The molecule has 1 heterocycles. The lowest BCUT2D eigenvalue weighted by molar-refractivity contribution is 0.439. The van der Waals surface area contributed by atoms with E-state index in [1.54, 1.807) is 19.2 Å². The first-order valence-corrected chi connectivity index (χ1v) is 8.11. The number of aryl methyl sites for hydroxylation is 1. The topological polar surface area (TPSA) is 32.6 Å². The van der Waals surface area contributed by atoms with E-state index in [2.05, 4.69) is 39.7 Å². The van der Waals surface area contributed by atoms with E-state index in [1.807, 2.05) is 32.4 Å². The second kappa shape index (κ2) is 9.22. The van der Waals surface area contributed by atoms with Crippen molar-refractivity contribution < 1.29 is 4.39 Å². The van der Waals surface area contributed by atoms with Crippen molar-refractivity contribution in [3.63, 3.8) is 0 Å². The van der Waals surface area contributed by atoms with Crippen LogP contribution in [0.15, 0.2) is 47.6 Å². The van der Waals surface area contributed by atoms with E-state index >= 15 is 0 Å². The Bertz CT molecular complexity index is 709. The molecule has 0 unspecified atom stereocenters. The number of aromatic nitrogens is 1. The van der Waals surface area contributed by atoms with Gasteiger partial charge in [-0.15, -0.1) is 24.0 Å². The quantitative estimate of drug-likeness (QED) is 0.421. The van der Waals surface area contributed by atoms with E-state index in [0.717, 1.165) is 18.1 Å². The summed E-state index contributed by atoms with van der Waals surface area (Å²) in [6.07, 6.45) is 2.03. The van der Waals surface area contributed by atoms with Gasteiger partial charge < -0.3 is 14.8 Å². The number of hydrogen-bond donors (Lipinski definition) is 1. The maximum absolute atomic E-state index is 13.5. The van der Waals surface area contributed by atoms with Crippen LogP contribution in [0.2, 0.25) is 0 Å². The molecular formula is C19H28FIN4. The highest BCUT2D eigenvalue weighted by Gasteiger charge is 2.22. The van der Waals surface area contributed by atoms with Crippen LogP contribution in [0.4, 0.5) is 4.39 Å². The van der Waals surface area contributed by atoms with Crippen LogP contribution in [0.25, 0.3) is 0 Å². The van der Waals surface area contributed by atoms with Gasteiger partial charge in [-0.05, 0) is 29.8 Å². The minimum atomic E-state index is -0.205. The summed E-state index contributed by atoms with van der Waals surface area (Å²) in [5.74, 6) is 0.617. The Morgan fingerprint density at radius 3 is 2.56 bits per heavy atom. The van der Waals surface area contributed by atoms with Gasteiger partial charge in [-0.2, -0.15) is 0 Å². The predicted octanol–water partition coefficient (Wildman–Crippen LogP) is 3.77. The first-order chi connectivity index (χ1) is 11.3. The van der Waals surface area contributed by atoms with Gasteiger partial charge in [0.1, 0.15) is 5.82 Å². The van der Waals surface area contributed by atoms with E-state index in [0.29, 0.717) is 6.54 Å². The Balaban J connectivity index is 0.00000312. The van der Waals surface area contributed by atoms with Crippen LogP contribution in [-0.4, -0.2) is 36.1 Å². The molecule has 1 aromatic carbocycles. The number of guanidine groups is 1. The lowest BCUT2D eigenvalue weighted by Gasteiger charge is -2.29. The zero-order chi connectivity index (χ0) is 17.7. The van der Waals surface area contributed by atoms with E-state index in [9.17, 15) is 4.39 Å². The standard InChI is InChI=1S/C19H27FN4.HI/c1-19(2,15-8-6-9-16(20)12-15)14-22-18(21-3)24(5)13-17-10-7-11-23(17)4;/h6-12H,13-14H2,1-5H3,(H,21,22);1H. The van der Waals surface area contributed by atoms with Crippen molar-refractivity contribution >= 4 is 29.9 Å². The highest BCUT2D eigenvalue weighted by molar-refractivity contribution is 14.0. The maximum atomic E-state index is 13.5. The molecular weight excluding hydrogens is 430 g/mol. The smallest absolute Gasteiger partial charge is 0.193 e. The molecule has 6 heteroatoms. The first kappa shape index (κ1) is 21.5. The van der Waals surface area contributed by atoms with Crippen LogP contribution >= 0.6 is 24.0 Å². The molecule has 1 N–H and O–H groups in total. The molecule has 0 fully saturated rings. The lowest BCUT2D eigenvalue weighted by atomic mass is 9.84. The number of rotatable bonds is 5. The van der Waals surface area contributed by atoms with Crippen LogP contribution in [0.5, 0.6) is 0 Å². The van der Waals surface area contributed by atoms with Gasteiger partial charge in [0.25, 0.3) is 0 Å². The molecule has 0 bridgehead atoms. The van der Waals surface area contributed by atoms with Crippen molar-refractivity contribution in [2.75, 3.05) is 20.6 Å². The van der Waals surface area contributed by atoms with E-state index in [1.165, 1.54) is 11.8 Å². The average Bonchev–Trinajstić information content (AvgIpc) is 2.93. The molecule has 0 saturated heterocycles. The number of benzene rings is 1. The Hall–Kier alpha value is -1.57. The summed E-state index contributed by atoms with van der Waals surface area (Å²) in [4.78, 5) is 6.44. The van der Waals surface area contributed by atoms with Crippen LogP contribution in [0, 0.1) is 5.82 Å². The SMILES string of the molecule is CN=C(NCC(C)(C)c1cccc(F)c1)N(C)Cc1cccn1C.I. The van der Waals surface area contributed by atoms with Crippen molar-refractivity contribution in [2.45, 2.75) is 25.8 Å². The monoisotopic (exact) mass is 458 g/mol. The van der Waals surface area contributed by atoms with E-state index in [4.69, 9.17) is 0 Å². The third kappa shape index (κ3) is 5.73. The molecule has 4 nitrogen and oxygen atoms in total. The summed E-state index contributed by atoms with van der Waals surface area (Å²) < 4.78 is 15.6. The summed E-state index contributed by atoms with van der Waals surface area (Å²) in [6.45, 7) is 5.63. The molecule has 0 amide bonds. The van der Waals surface area contributed by atoms with Gasteiger partial charge in [0.15, 0.2) is 5.96 Å². The fourth-order valence-electron chi connectivity index (χ4n) is 2.67. The zero-order valence-corrected chi connectivity index (χ0v) is 17.9. The second-order valence-electron chi connectivity index (χ2n) is 6.76. The number of hydrogen-bond acceptors (Lipinski definition) is 1. The van der Waals surface area contributed by atoms with Gasteiger partial charge in [-0.1, -0.05) is 26.0 Å². The molecule has 2 aromatic rings. The van der Waals surface area contributed by atoms with Gasteiger partial charge >= 0.3 is 0 Å².